The summed E-state index contributed by atoms with van der Waals surface area (Å²) in [5, 5.41) is 27.2. The lowest BCUT2D eigenvalue weighted by atomic mass is 10.00. The summed E-state index contributed by atoms with van der Waals surface area (Å²) in [5.41, 5.74) is 12.5. The molecule has 0 saturated carbocycles. The Hall–Kier alpha value is -8.37. The summed E-state index contributed by atoms with van der Waals surface area (Å²) in [6.07, 6.45) is 0. The van der Waals surface area contributed by atoms with Gasteiger partial charge in [0.15, 0.2) is 5.69 Å². The van der Waals surface area contributed by atoms with Crippen LogP contribution in [0.2, 0.25) is 0 Å². The van der Waals surface area contributed by atoms with Gasteiger partial charge in [-0.05, 0) is 89.8 Å². The predicted molar refractivity (Wildman–Crippen MR) is 231 cm³/mol. The van der Waals surface area contributed by atoms with Crippen molar-refractivity contribution in [3.05, 3.63) is 192 Å². The monoisotopic (exact) mass is 724 g/mol. The number of para-hydroxylation sites is 4. The molecule has 0 saturated heterocycles. The second-order valence-corrected chi connectivity index (χ2v) is 14.3. The molecule has 3 aromatic heterocycles. The molecule has 0 bridgehead atoms. The lowest BCUT2D eigenvalue weighted by Crippen LogP contribution is -2.01. The fourth-order valence-electron chi connectivity index (χ4n) is 8.87. The molecule has 262 valence electrons. The maximum absolute atomic E-state index is 10.9. The molecule has 57 heavy (non-hydrogen) atoms. The Kier molecular flexibility index (Phi) is 6.95. The van der Waals surface area contributed by atoms with Crippen molar-refractivity contribution >= 4 is 71.1 Å². The van der Waals surface area contributed by atoms with E-state index in [1.54, 1.807) is 0 Å². The molecule has 6 nitrogen and oxygen atoms in total. The minimum atomic E-state index is 0.525. The van der Waals surface area contributed by atoms with Gasteiger partial charge in [0.25, 0.3) is 0 Å². The molecular weight excluding hydrogens is 697 g/mol. The van der Waals surface area contributed by atoms with E-state index in [0.29, 0.717) is 16.8 Å². The zero-order chi connectivity index (χ0) is 38.2. The standard InChI is InChI=1S/C51H28N6/c1-54-35-20-25-50-43(28-35)40-13-5-9-17-48(40)57(50)45-14-6-2-10-37(45)33-19-24-44(34(27-33)31-53)56-49-23-18-32(30-52)26-42(49)41-22-21-36(29-51(41)56)55-46-15-7-3-11-38(46)39-12-4-8-16-47(39)55/h2-29H. The third-order valence-corrected chi connectivity index (χ3v) is 11.3. The van der Waals surface area contributed by atoms with Crippen molar-refractivity contribution < 1.29 is 0 Å². The molecule has 0 aliphatic carbocycles. The number of fused-ring (bicyclic) bond motifs is 9. The molecule has 0 unspecified atom stereocenters. The van der Waals surface area contributed by atoms with Gasteiger partial charge in [0, 0.05) is 38.2 Å². The summed E-state index contributed by atoms with van der Waals surface area (Å²) < 4.78 is 6.72. The normalized spacial score (nSPS) is 11.5. The Balaban J connectivity index is 1.14. The van der Waals surface area contributed by atoms with E-state index in [4.69, 9.17) is 6.57 Å². The average molecular weight is 725 g/mol. The van der Waals surface area contributed by atoms with Gasteiger partial charge in [0.1, 0.15) is 6.07 Å². The molecule has 0 fully saturated rings. The number of nitriles is 2. The molecule has 0 radical (unpaired) electrons. The first-order valence-electron chi connectivity index (χ1n) is 18.7. The van der Waals surface area contributed by atoms with E-state index in [0.717, 1.165) is 82.8 Å². The van der Waals surface area contributed by atoms with E-state index in [-0.39, 0.29) is 0 Å². The Morgan fingerprint density at radius 2 is 1.00 bits per heavy atom. The van der Waals surface area contributed by atoms with Gasteiger partial charge in [-0.1, -0.05) is 91.0 Å². The Bertz CT molecular complexity index is 3580. The van der Waals surface area contributed by atoms with Crippen molar-refractivity contribution in [3.8, 4) is 40.3 Å². The Morgan fingerprint density at radius 3 is 1.70 bits per heavy atom. The van der Waals surface area contributed by atoms with Crippen LogP contribution in [-0.4, -0.2) is 13.7 Å². The first-order chi connectivity index (χ1) is 28.1. The molecule has 0 atom stereocenters. The van der Waals surface area contributed by atoms with Crippen LogP contribution in [0.25, 0.3) is 98.5 Å². The van der Waals surface area contributed by atoms with Gasteiger partial charge in [-0.3, -0.25) is 0 Å². The van der Waals surface area contributed by atoms with E-state index >= 15 is 0 Å². The van der Waals surface area contributed by atoms with Crippen LogP contribution in [0.5, 0.6) is 0 Å². The zero-order valence-electron chi connectivity index (χ0n) is 30.3. The van der Waals surface area contributed by atoms with Gasteiger partial charge in [-0.2, -0.15) is 10.5 Å². The van der Waals surface area contributed by atoms with Crippen molar-refractivity contribution in [1.82, 2.24) is 13.7 Å². The zero-order valence-corrected chi connectivity index (χ0v) is 30.3. The highest BCUT2D eigenvalue weighted by atomic mass is 15.0. The molecule has 11 rings (SSSR count). The highest BCUT2D eigenvalue weighted by molar-refractivity contribution is 6.13. The van der Waals surface area contributed by atoms with Crippen LogP contribution in [0, 0.1) is 29.2 Å². The van der Waals surface area contributed by atoms with Crippen LogP contribution >= 0.6 is 0 Å². The minimum Gasteiger partial charge on any atom is -0.309 e. The molecule has 0 amide bonds. The number of hydrogen-bond donors (Lipinski definition) is 0. The van der Waals surface area contributed by atoms with E-state index in [1.807, 2.05) is 72.8 Å². The summed E-state index contributed by atoms with van der Waals surface area (Å²) in [7, 11) is 0. The summed E-state index contributed by atoms with van der Waals surface area (Å²) in [6, 6.07) is 62.6. The fourth-order valence-corrected chi connectivity index (χ4v) is 8.87. The van der Waals surface area contributed by atoms with Crippen molar-refractivity contribution in [3.63, 3.8) is 0 Å². The topological polar surface area (TPSA) is 66.7 Å². The molecule has 0 aliphatic rings. The van der Waals surface area contributed by atoms with Crippen molar-refractivity contribution in [2.75, 3.05) is 0 Å². The van der Waals surface area contributed by atoms with Crippen molar-refractivity contribution in [1.29, 1.82) is 10.5 Å². The van der Waals surface area contributed by atoms with Crippen LogP contribution in [0.15, 0.2) is 170 Å². The average Bonchev–Trinajstić information content (AvgIpc) is 3.90. The number of rotatable bonds is 4. The van der Waals surface area contributed by atoms with Crippen LogP contribution in [-0.2, 0) is 0 Å². The van der Waals surface area contributed by atoms with Crippen LogP contribution in [0.1, 0.15) is 11.1 Å². The molecular formula is C51H28N6. The molecule has 0 aliphatic heterocycles. The van der Waals surface area contributed by atoms with Crippen LogP contribution in [0.3, 0.4) is 0 Å². The van der Waals surface area contributed by atoms with Gasteiger partial charge in [-0.15, -0.1) is 0 Å². The van der Waals surface area contributed by atoms with E-state index in [9.17, 15) is 10.5 Å². The molecule has 3 heterocycles. The third kappa shape index (κ3) is 4.68. The molecule has 11 aromatic rings. The van der Waals surface area contributed by atoms with E-state index in [1.165, 1.54) is 10.8 Å². The molecule has 8 aromatic carbocycles. The van der Waals surface area contributed by atoms with Gasteiger partial charge in [0.05, 0.1) is 68.2 Å². The van der Waals surface area contributed by atoms with Crippen LogP contribution < -0.4 is 0 Å². The van der Waals surface area contributed by atoms with Crippen molar-refractivity contribution in [2.24, 2.45) is 0 Å². The Morgan fingerprint density at radius 1 is 0.421 bits per heavy atom. The number of nitrogens with zero attached hydrogens (tertiary/aromatic N) is 6. The number of benzene rings is 8. The molecule has 0 N–H and O–H groups in total. The van der Waals surface area contributed by atoms with Gasteiger partial charge < -0.3 is 13.7 Å². The first kappa shape index (κ1) is 32.1. The quantitative estimate of drug-likeness (QED) is 0.170. The van der Waals surface area contributed by atoms with Gasteiger partial charge in [-0.25, -0.2) is 4.85 Å². The highest BCUT2D eigenvalue weighted by Crippen LogP contribution is 2.41. The predicted octanol–water partition coefficient (Wildman–Crippen LogP) is 12.9. The molecule has 0 spiro atoms. The summed E-state index contributed by atoms with van der Waals surface area (Å²) in [5.74, 6) is 0. The minimum absolute atomic E-state index is 0.525. The smallest absolute Gasteiger partial charge is 0.188 e. The molecule has 6 heteroatoms. The highest BCUT2D eigenvalue weighted by Gasteiger charge is 2.21. The SMILES string of the molecule is [C-]#[N+]c1ccc2c(c1)c1ccccc1n2-c1ccccc1-c1ccc(-n2c3ccc(C#N)cc3c3ccc(-n4c5ccccc5c5ccccc54)cc32)c(C#N)c1. The maximum Gasteiger partial charge on any atom is 0.188 e. The van der Waals surface area contributed by atoms with Crippen molar-refractivity contribution in [2.45, 2.75) is 0 Å². The fraction of sp³-hybridized carbons (Fsp3) is 0. The maximum atomic E-state index is 10.9. The lowest BCUT2D eigenvalue weighted by Gasteiger charge is -2.16. The second kappa shape index (κ2) is 12.3. The summed E-state index contributed by atoms with van der Waals surface area (Å²) in [6.45, 7) is 7.64. The summed E-state index contributed by atoms with van der Waals surface area (Å²) >= 11 is 0. The third-order valence-electron chi connectivity index (χ3n) is 11.3. The summed E-state index contributed by atoms with van der Waals surface area (Å²) in [4.78, 5) is 3.70. The largest absolute Gasteiger partial charge is 0.309 e. The van der Waals surface area contributed by atoms with E-state index in [2.05, 4.69) is 128 Å². The Labute approximate surface area is 326 Å². The lowest BCUT2D eigenvalue weighted by molar-refractivity contribution is 1.15. The van der Waals surface area contributed by atoms with Gasteiger partial charge >= 0.3 is 0 Å². The van der Waals surface area contributed by atoms with Gasteiger partial charge in [0.2, 0.25) is 0 Å². The van der Waals surface area contributed by atoms with E-state index < -0.39 is 0 Å². The second-order valence-electron chi connectivity index (χ2n) is 14.3. The first-order valence-corrected chi connectivity index (χ1v) is 18.7. The van der Waals surface area contributed by atoms with Crippen LogP contribution in [0.4, 0.5) is 5.69 Å². The number of hydrogen-bond acceptors (Lipinski definition) is 2. The number of aromatic nitrogens is 3.